The van der Waals surface area contributed by atoms with Gasteiger partial charge in [-0.1, -0.05) is 23.7 Å². The largest absolute Gasteiger partial charge is 0.478 e. The second-order valence-corrected chi connectivity index (χ2v) is 4.38. The Morgan fingerprint density at radius 1 is 1.26 bits per heavy atom. The Hall–Kier alpha value is -2.07. The van der Waals surface area contributed by atoms with E-state index in [0.29, 0.717) is 11.4 Å². The number of hydrogen-bond acceptors (Lipinski definition) is 2. The van der Waals surface area contributed by atoms with E-state index in [1.807, 2.05) is 19.1 Å². The fourth-order valence-electron chi connectivity index (χ4n) is 1.45. The molecule has 0 heterocycles. The first-order valence-corrected chi connectivity index (χ1v) is 5.92. The molecule has 0 bridgehead atoms. The van der Waals surface area contributed by atoms with Crippen molar-refractivity contribution in [2.24, 2.45) is 0 Å². The van der Waals surface area contributed by atoms with Crippen molar-refractivity contribution in [2.45, 2.75) is 13.8 Å². The van der Waals surface area contributed by atoms with Gasteiger partial charge in [0.25, 0.3) is 0 Å². The van der Waals surface area contributed by atoms with Gasteiger partial charge in [-0.3, -0.25) is 4.79 Å². The highest BCUT2D eigenvalue weighted by atomic mass is 35.5. The monoisotopic (exact) mass is 279 g/mol. The van der Waals surface area contributed by atoms with Crippen LogP contribution in [-0.2, 0) is 9.59 Å². The molecule has 0 aliphatic carbocycles. The first-order chi connectivity index (χ1) is 8.95. The Morgan fingerprint density at radius 3 is 2.32 bits per heavy atom. The molecular formula is C14H14ClNO3. The summed E-state index contributed by atoms with van der Waals surface area (Å²) in [6, 6.07) is 7.13. The zero-order valence-corrected chi connectivity index (χ0v) is 11.4. The lowest BCUT2D eigenvalue weighted by Crippen LogP contribution is -2.14. The van der Waals surface area contributed by atoms with Crippen LogP contribution in [0.3, 0.4) is 0 Å². The number of hydrogen-bond donors (Lipinski definition) is 2. The molecule has 0 unspecified atom stereocenters. The second kappa shape index (κ2) is 6.75. The van der Waals surface area contributed by atoms with Crippen LogP contribution in [0, 0.1) is 0 Å². The third kappa shape index (κ3) is 4.26. The van der Waals surface area contributed by atoms with E-state index in [1.165, 1.54) is 6.92 Å². The van der Waals surface area contributed by atoms with Crippen molar-refractivity contribution in [2.75, 3.05) is 0 Å². The molecule has 0 aliphatic heterocycles. The lowest BCUT2D eigenvalue weighted by molar-refractivity contribution is -0.132. The number of carboxylic acid groups (broad SMARTS) is 1. The van der Waals surface area contributed by atoms with E-state index in [4.69, 9.17) is 16.7 Å². The summed E-state index contributed by atoms with van der Waals surface area (Å²) in [5.41, 5.74) is 2.05. The number of aliphatic carboxylic acids is 1. The first-order valence-electron chi connectivity index (χ1n) is 5.54. The van der Waals surface area contributed by atoms with Crippen molar-refractivity contribution >= 4 is 29.6 Å². The van der Waals surface area contributed by atoms with Gasteiger partial charge in [-0.2, -0.15) is 0 Å². The summed E-state index contributed by atoms with van der Waals surface area (Å²) in [6.07, 6.45) is 2.06. The smallest absolute Gasteiger partial charge is 0.333 e. The number of rotatable bonds is 5. The fourth-order valence-corrected chi connectivity index (χ4v) is 1.58. The van der Waals surface area contributed by atoms with Crippen LogP contribution >= 0.6 is 11.6 Å². The summed E-state index contributed by atoms with van der Waals surface area (Å²) in [4.78, 5) is 21.4. The highest BCUT2D eigenvalue weighted by molar-refractivity contribution is 6.30. The van der Waals surface area contributed by atoms with Gasteiger partial charge >= 0.3 is 5.97 Å². The van der Waals surface area contributed by atoms with E-state index in [9.17, 15) is 9.59 Å². The average molecular weight is 280 g/mol. The first kappa shape index (κ1) is 15.0. The van der Waals surface area contributed by atoms with Gasteiger partial charge in [0.15, 0.2) is 0 Å². The van der Waals surface area contributed by atoms with Gasteiger partial charge in [-0.15, -0.1) is 0 Å². The molecule has 5 heteroatoms. The summed E-state index contributed by atoms with van der Waals surface area (Å²) < 4.78 is 0. The molecular weight excluding hydrogens is 266 g/mol. The second-order valence-electron chi connectivity index (χ2n) is 3.94. The van der Waals surface area contributed by atoms with Gasteiger partial charge < -0.3 is 10.4 Å². The van der Waals surface area contributed by atoms with Crippen molar-refractivity contribution in [1.82, 2.24) is 5.32 Å². The van der Waals surface area contributed by atoms with Crippen LogP contribution in [0.2, 0.25) is 5.02 Å². The van der Waals surface area contributed by atoms with E-state index >= 15 is 0 Å². The Kier molecular flexibility index (Phi) is 5.33. The molecule has 0 aromatic heterocycles. The number of carbonyl (C=O) groups is 2. The number of benzene rings is 1. The van der Waals surface area contributed by atoms with Gasteiger partial charge in [0, 0.05) is 5.02 Å². The Bertz CT molecular complexity index is 544. The predicted octanol–water partition coefficient (Wildman–Crippen LogP) is 2.85. The molecule has 0 spiro atoms. The molecule has 2 N–H and O–H groups in total. The fraction of sp³-hybridized carbons (Fsp3) is 0.143. The molecule has 0 saturated heterocycles. The predicted molar refractivity (Wildman–Crippen MR) is 74.6 cm³/mol. The number of carbonyl (C=O) groups excluding carboxylic acids is 1. The van der Waals surface area contributed by atoms with Gasteiger partial charge in [0.1, 0.15) is 0 Å². The van der Waals surface area contributed by atoms with E-state index in [0.717, 1.165) is 11.1 Å². The highest BCUT2D eigenvalue weighted by Gasteiger charge is 2.07. The maximum atomic E-state index is 10.9. The summed E-state index contributed by atoms with van der Waals surface area (Å²) in [5.74, 6) is -1.08. The summed E-state index contributed by atoms with van der Waals surface area (Å²) in [5, 5.41) is 12.0. The Morgan fingerprint density at radius 2 is 1.84 bits per heavy atom. The summed E-state index contributed by atoms with van der Waals surface area (Å²) in [7, 11) is 0. The maximum absolute atomic E-state index is 10.9. The standard InChI is InChI=1S/C14H14ClNO3/c1-9(11-3-5-12(15)6-4-11)7-13(16-8-17)10(2)14(18)19/h3-8H,1-2H3,(H,16,17)(H,18,19)/b9-7+,13-10-. The third-order valence-corrected chi connectivity index (χ3v) is 2.85. The number of allylic oxidation sites excluding steroid dienone is 2. The van der Waals surface area contributed by atoms with E-state index in [-0.39, 0.29) is 11.3 Å². The van der Waals surface area contributed by atoms with Gasteiger partial charge in [-0.25, -0.2) is 4.79 Å². The maximum Gasteiger partial charge on any atom is 0.333 e. The van der Waals surface area contributed by atoms with Crippen LogP contribution in [0.25, 0.3) is 5.57 Å². The van der Waals surface area contributed by atoms with Crippen LogP contribution in [0.5, 0.6) is 0 Å². The number of carboxylic acids is 1. The molecule has 0 fully saturated rings. The van der Waals surface area contributed by atoms with Crippen molar-refractivity contribution in [3.05, 3.63) is 52.2 Å². The summed E-state index contributed by atoms with van der Waals surface area (Å²) >= 11 is 5.80. The topological polar surface area (TPSA) is 66.4 Å². The molecule has 1 amide bonds. The van der Waals surface area contributed by atoms with E-state index in [2.05, 4.69) is 5.32 Å². The van der Waals surface area contributed by atoms with Crippen molar-refractivity contribution in [3.63, 3.8) is 0 Å². The quantitative estimate of drug-likeness (QED) is 0.495. The average Bonchev–Trinajstić information content (AvgIpc) is 2.37. The molecule has 1 aromatic carbocycles. The SMILES string of the molecule is C/C(C(=O)O)=C(\C=C(/C)c1ccc(Cl)cc1)NC=O. The number of nitrogens with one attached hydrogen (secondary N) is 1. The van der Waals surface area contributed by atoms with Gasteiger partial charge in [0.2, 0.25) is 6.41 Å². The number of amides is 1. The number of halogens is 1. The van der Waals surface area contributed by atoms with Crippen molar-refractivity contribution in [1.29, 1.82) is 0 Å². The summed E-state index contributed by atoms with van der Waals surface area (Å²) in [6.45, 7) is 3.25. The third-order valence-electron chi connectivity index (χ3n) is 2.60. The molecule has 0 aliphatic rings. The van der Waals surface area contributed by atoms with Crippen LogP contribution < -0.4 is 5.32 Å². The minimum atomic E-state index is -1.08. The Balaban J connectivity index is 3.16. The molecule has 19 heavy (non-hydrogen) atoms. The van der Waals surface area contributed by atoms with Gasteiger partial charge in [0.05, 0.1) is 11.3 Å². The molecule has 4 nitrogen and oxygen atoms in total. The Labute approximate surface area is 116 Å². The van der Waals surface area contributed by atoms with Crippen LogP contribution in [0.4, 0.5) is 0 Å². The highest BCUT2D eigenvalue weighted by Crippen LogP contribution is 2.19. The van der Waals surface area contributed by atoms with Crippen LogP contribution in [-0.4, -0.2) is 17.5 Å². The van der Waals surface area contributed by atoms with Gasteiger partial charge in [-0.05, 0) is 43.2 Å². The minimum absolute atomic E-state index is 0.0698. The normalized spacial score (nSPS) is 12.7. The molecule has 1 aromatic rings. The zero-order chi connectivity index (χ0) is 14.4. The lowest BCUT2D eigenvalue weighted by Gasteiger charge is -2.07. The van der Waals surface area contributed by atoms with Crippen molar-refractivity contribution in [3.8, 4) is 0 Å². The van der Waals surface area contributed by atoms with E-state index in [1.54, 1.807) is 18.2 Å². The lowest BCUT2D eigenvalue weighted by atomic mass is 10.1. The minimum Gasteiger partial charge on any atom is -0.478 e. The van der Waals surface area contributed by atoms with Crippen LogP contribution in [0.1, 0.15) is 19.4 Å². The molecule has 0 saturated carbocycles. The van der Waals surface area contributed by atoms with Crippen molar-refractivity contribution < 1.29 is 14.7 Å². The molecule has 100 valence electrons. The molecule has 1 rings (SSSR count). The molecule has 0 radical (unpaired) electrons. The zero-order valence-electron chi connectivity index (χ0n) is 10.6. The molecule has 0 atom stereocenters. The van der Waals surface area contributed by atoms with E-state index < -0.39 is 5.97 Å². The van der Waals surface area contributed by atoms with Crippen LogP contribution in [0.15, 0.2) is 41.6 Å².